The minimum Gasteiger partial charge on any atom is -0.506 e. The predicted octanol–water partition coefficient (Wildman–Crippen LogP) is 4.50. The predicted molar refractivity (Wildman–Crippen MR) is 100 cm³/mol. The quantitative estimate of drug-likeness (QED) is 0.311. The summed E-state index contributed by atoms with van der Waals surface area (Å²) in [5.74, 6) is -0.908. The van der Waals surface area contributed by atoms with Gasteiger partial charge in [0.2, 0.25) is 0 Å². The lowest BCUT2D eigenvalue weighted by Gasteiger charge is -2.14. The first-order valence-corrected chi connectivity index (χ1v) is 8.32. The topological polar surface area (TPSA) is 113 Å². The average molecular weight is 378 g/mol. The van der Waals surface area contributed by atoms with E-state index in [9.17, 15) is 19.6 Å². The summed E-state index contributed by atoms with van der Waals surface area (Å²) in [6.07, 6.45) is 2.73. The molecule has 1 N–H and O–H groups in total. The molecule has 28 heavy (non-hydrogen) atoms. The highest BCUT2D eigenvalue weighted by Gasteiger charge is 2.40. The van der Waals surface area contributed by atoms with E-state index in [1.54, 1.807) is 13.8 Å². The zero-order chi connectivity index (χ0) is 20.0. The van der Waals surface area contributed by atoms with Crippen LogP contribution in [0.4, 0.5) is 11.4 Å². The van der Waals surface area contributed by atoms with E-state index < -0.39 is 11.8 Å². The van der Waals surface area contributed by atoms with Gasteiger partial charge in [0, 0.05) is 5.56 Å². The Bertz CT molecular complexity index is 1170. The summed E-state index contributed by atoms with van der Waals surface area (Å²) in [7, 11) is 0. The van der Waals surface area contributed by atoms with Gasteiger partial charge < -0.3 is 13.9 Å². The Morgan fingerprint density at radius 2 is 1.68 bits per heavy atom. The van der Waals surface area contributed by atoms with E-state index in [0.29, 0.717) is 22.6 Å². The molecule has 0 saturated carbocycles. The second-order valence-corrected chi connectivity index (χ2v) is 6.24. The molecule has 0 radical (unpaired) electrons. The lowest BCUT2D eigenvalue weighted by molar-refractivity contribution is -0.112. The Labute approximate surface area is 158 Å². The molecule has 8 nitrogen and oxygen atoms in total. The van der Waals surface area contributed by atoms with E-state index in [2.05, 4.69) is 5.18 Å². The van der Waals surface area contributed by atoms with Gasteiger partial charge in [0.05, 0.1) is 34.9 Å². The van der Waals surface area contributed by atoms with Crippen molar-refractivity contribution in [2.45, 2.75) is 13.8 Å². The van der Waals surface area contributed by atoms with Gasteiger partial charge in [-0.1, -0.05) is 0 Å². The first-order chi connectivity index (χ1) is 13.4. The molecule has 0 atom stereocenters. The van der Waals surface area contributed by atoms with Crippen LogP contribution < -0.4 is 4.90 Å². The van der Waals surface area contributed by atoms with E-state index in [0.717, 1.165) is 4.90 Å². The molecule has 3 heterocycles. The van der Waals surface area contributed by atoms with Crippen molar-refractivity contribution in [3.05, 3.63) is 76.0 Å². The van der Waals surface area contributed by atoms with Crippen LogP contribution in [0, 0.1) is 18.8 Å². The summed E-state index contributed by atoms with van der Waals surface area (Å²) in [5, 5.41) is 13.6. The highest BCUT2D eigenvalue weighted by molar-refractivity contribution is 6.44. The number of rotatable bonds is 3. The second-order valence-electron chi connectivity index (χ2n) is 6.24. The fourth-order valence-electron chi connectivity index (χ4n) is 3.23. The Morgan fingerprint density at radius 3 is 2.25 bits per heavy atom. The Kier molecular flexibility index (Phi) is 3.96. The summed E-state index contributed by atoms with van der Waals surface area (Å²) < 4.78 is 10.4. The number of fused-ring (bicyclic) bond motifs is 1. The summed E-state index contributed by atoms with van der Waals surface area (Å²) in [4.78, 5) is 38.1. The Morgan fingerprint density at radius 1 is 1.04 bits per heavy atom. The van der Waals surface area contributed by atoms with Crippen molar-refractivity contribution in [1.82, 2.24) is 0 Å². The van der Waals surface area contributed by atoms with Crippen LogP contribution in [0.5, 0.6) is 0 Å². The van der Waals surface area contributed by atoms with E-state index in [1.807, 2.05) is 0 Å². The Hall–Kier alpha value is -3.94. The fourth-order valence-corrected chi connectivity index (χ4v) is 3.23. The third kappa shape index (κ3) is 2.46. The Balaban J connectivity index is 1.95. The standard InChI is InChI=1S/C20H14N2O6/c1-10-13(5-7-27-10)18(23)17-15-4-3-12(21-26)9-16(15)22(20(17)25)19(24)14-6-8-28-11(14)2/h3-9,23H,1-2H3/b18-17-. The van der Waals surface area contributed by atoms with Crippen molar-refractivity contribution in [3.8, 4) is 0 Å². The van der Waals surface area contributed by atoms with Crippen LogP contribution in [0.15, 0.2) is 56.9 Å². The smallest absolute Gasteiger partial charge is 0.269 e. The molecule has 0 fully saturated rings. The number of amides is 2. The molecule has 2 amide bonds. The number of furan rings is 2. The van der Waals surface area contributed by atoms with Gasteiger partial charge in [0.15, 0.2) is 0 Å². The molecular formula is C20H14N2O6. The molecule has 0 bridgehead atoms. The van der Waals surface area contributed by atoms with Gasteiger partial charge in [-0.15, -0.1) is 4.91 Å². The zero-order valence-corrected chi connectivity index (χ0v) is 14.9. The number of carbonyl (C=O) groups excluding carboxylic acids is 2. The number of aryl methyl sites for hydroxylation is 2. The number of hydrogen-bond donors (Lipinski definition) is 1. The SMILES string of the molecule is Cc1occc1C(=O)N1C(=O)/C(=C(\O)c2ccoc2C)c2ccc(N=O)cc21. The molecule has 0 unspecified atom stereocenters. The van der Waals surface area contributed by atoms with Crippen LogP contribution >= 0.6 is 0 Å². The van der Waals surface area contributed by atoms with Crippen molar-refractivity contribution in [2.24, 2.45) is 5.18 Å². The van der Waals surface area contributed by atoms with Crippen LogP contribution in [-0.4, -0.2) is 16.9 Å². The van der Waals surface area contributed by atoms with Gasteiger partial charge >= 0.3 is 0 Å². The van der Waals surface area contributed by atoms with Crippen LogP contribution in [0.2, 0.25) is 0 Å². The number of aliphatic hydroxyl groups excluding tert-OH is 1. The lowest BCUT2D eigenvalue weighted by Crippen LogP contribution is -2.33. The summed E-state index contributed by atoms with van der Waals surface area (Å²) >= 11 is 0. The molecule has 3 aromatic rings. The maximum Gasteiger partial charge on any atom is 0.269 e. The van der Waals surface area contributed by atoms with Crippen LogP contribution in [-0.2, 0) is 4.79 Å². The summed E-state index contributed by atoms with van der Waals surface area (Å²) in [6, 6.07) is 7.19. The van der Waals surface area contributed by atoms with Crippen LogP contribution in [0.1, 0.15) is 33.0 Å². The van der Waals surface area contributed by atoms with Crippen molar-refractivity contribution in [3.63, 3.8) is 0 Å². The van der Waals surface area contributed by atoms with Crippen LogP contribution in [0.3, 0.4) is 0 Å². The number of nitrogens with zero attached hydrogens (tertiary/aromatic N) is 2. The maximum absolute atomic E-state index is 13.2. The number of carbonyl (C=O) groups is 2. The molecule has 8 heteroatoms. The average Bonchev–Trinajstić information content (AvgIpc) is 3.37. The lowest BCUT2D eigenvalue weighted by atomic mass is 10.0. The number of benzene rings is 1. The molecular weight excluding hydrogens is 364 g/mol. The molecule has 0 aliphatic carbocycles. The number of anilines is 1. The van der Waals surface area contributed by atoms with E-state index in [4.69, 9.17) is 8.83 Å². The minimum absolute atomic E-state index is 0.0495. The molecule has 0 spiro atoms. The third-order valence-electron chi connectivity index (χ3n) is 4.66. The molecule has 4 rings (SSSR count). The number of hydrogen-bond acceptors (Lipinski definition) is 7. The largest absolute Gasteiger partial charge is 0.506 e. The summed E-state index contributed by atoms with van der Waals surface area (Å²) in [6.45, 7) is 3.24. The van der Waals surface area contributed by atoms with E-state index >= 15 is 0 Å². The van der Waals surface area contributed by atoms with Crippen LogP contribution in [0.25, 0.3) is 11.3 Å². The first-order valence-electron chi connectivity index (χ1n) is 8.32. The number of imide groups is 1. The van der Waals surface area contributed by atoms with Crippen molar-refractivity contribution < 1.29 is 23.5 Å². The molecule has 0 saturated heterocycles. The number of nitroso groups, excluding NO2 is 1. The van der Waals surface area contributed by atoms with Crippen molar-refractivity contribution >= 4 is 34.5 Å². The van der Waals surface area contributed by atoms with E-state index in [-0.39, 0.29) is 28.3 Å². The van der Waals surface area contributed by atoms with Gasteiger partial charge in [0.1, 0.15) is 23.0 Å². The molecule has 1 aliphatic heterocycles. The minimum atomic E-state index is -0.721. The molecule has 1 aliphatic rings. The molecule has 2 aromatic heterocycles. The normalized spacial score (nSPS) is 14.9. The third-order valence-corrected chi connectivity index (χ3v) is 4.66. The van der Waals surface area contributed by atoms with Gasteiger partial charge in [-0.3, -0.25) is 9.59 Å². The first kappa shape index (κ1) is 17.5. The van der Waals surface area contributed by atoms with Gasteiger partial charge in [-0.2, -0.15) is 0 Å². The van der Waals surface area contributed by atoms with Crippen molar-refractivity contribution in [2.75, 3.05) is 4.90 Å². The monoisotopic (exact) mass is 378 g/mol. The van der Waals surface area contributed by atoms with Gasteiger partial charge in [0.25, 0.3) is 11.8 Å². The van der Waals surface area contributed by atoms with E-state index in [1.165, 1.54) is 42.9 Å². The van der Waals surface area contributed by atoms with Gasteiger partial charge in [-0.25, -0.2) is 4.90 Å². The number of aliphatic hydroxyl groups is 1. The van der Waals surface area contributed by atoms with Gasteiger partial charge in [-0.05, 0) is 49.4 Å². The molecule has 140 valence electrons. The summed E-state index contributed by atoms with van der Waals surface area (Å²) in [5.41, 5.74) is 0.991. The maximum atomic E-state index is 13.2. The van der Waals surface area contributed by atoms with Crippen molar-refractivity contribution in [1.29, 1.82) is 0 Å². The molecule has 1 aromatic carbocycles. The highest BCUT2D eigenvalue weighted by Crippen LogP contribution is 2.43. The zero-order valence-electron chi connectivity index (χ0n) is 14.9. The fraction of sp³-hybridized carbons (Fsp3) is 0.100. The highest BCUT2D eigenvalue weighted by atomic mass is 16.3. The second kappa shape index (κ2) is 6.34.